The third kappa shape index (κ3) is 5.11. The number of nitrogens with zero attached hydrogens (tertiary/aromatic N) is 2. The Morgan fingerprint density at radius 3 is 2.29 bits per heavy atom. The predicted octanol–water partition coefficient (Wildman–Crippen LogP) is 6.37. The number of hydrogen-bond acceptors (Lipinski definition) is 7. The van der Waals surface area contributed by atoms with Crippen LogP contribution in [0.5, 0.6) is 0 Å². The van der Waals surface area contributed by atoms with Crippen molar-refractivity contribution in [3.05, 3.63) is 11.6 Å². The maximum atomic E-state index is 10.6. The summed E-state index contributed by atoms with van der Waals surface area (Å²) in [5.74, 6) is 1.47. The number of aliphatic hydroxyl groups is 1. The minimum Gasteiger partial charge on any atom is -0.414 e. The highest BCUT2D eigenvalue weighted by atomic mass is 28.4. The van der Waals surface area contributed by atoms with Gasteiger partial charge in [0.05, 0.1) is 12.3 Å². The molecule has 0 heterocycles. The molecule has 38 heavy (non-hydrogen) atoms. The summed E-state index contributed by atoms with van der Waals surface area (Å²) in [6.45, 7) is 18.4. The maximum absolute atomic E-state index is 10.6. The molecule has 3 fully saturated rings. The molecule has 3 saturated carbocycles. The molecule has 4 aliphatic rings. The second-order valence-corrected chi connectivity index (χ2v) is 23.4. The van der Waals surface area contributed by atoms with Crippen LogP contribution in [-0.2, 0) is 18.5 Å². The van der Waals surface area contributed by atoms with Crippen LogP contribution in [0, 0.1) is 28.6 Å². The van der Waals surface area contributed by atoms with E-state index in [4.69, 9.17) is 18.5 Å². The van der Waals surface area contributed by atoms with Crippen molar-refractivity contribution in [2.24, 2.45) is 38.9 Å². The Morgan fingerprint density at radius 2 is 1.71 bits per heavy atom. The zero-order valence-electron chi connectivity index (χ0n) is 25.5. The molecule has 0 aromatic heterocycles. The SMILES string of the molecule is CO/N=C1\C=C2CC[C@@H]3[C@H]([C@@H](O[Si](C)(C)C)C[C@@]4(C)[C@H]3CC[C@]4(O[Si](C)(C)C)/C(CO)=N/OC)[C@@]2(C)CC1. The maximum Gasteiger partial charge on any atom is 0.185 e. The van der Waals surface area contributed by atoms with Gasteiger partial charge in [-0.05, 0) is 113 Å². The summed E-state index contributed by atoms with van der Waals surface area (Å²) >= 11 is 0. The van der Waals surface area contributed by atoms with E-state index in [0.29, 0.717) is 23.5 Å². The normalized spacial score (nSPS) is 40.8. The Labute approximate surface area is 232 Å². The largest absolute Gasteiger partial charge is 0.414 e. The number of oxime groups is 2. The summed E-state index contributed by atoms with van der Waals surface area (Å²) in [5.41, 5.74) is 2.49. The van der Waals surface area contributed by atoms with Crippen LogP contribution in [0.1, 0.15) is 58.8 Å². The highest BCUT2D eigenvalue weighted by Crippen LogP contribution is 2.69. The van der Waals surface area contributed by atoms with Gasteiger partial charge in [-0.3, -0.25) is 0 Å². The molecule has 0 saturated heterocycles. The Hall–Kier alpha value is -1.01. The summed E-state index contributed by atoms with van der Waals surface area (Å²) in [6.07, 6.45) is 9.59. The topological polar surface area (TPSA) is 81.9 Å². The third-order valence-electron chi connectivity index (χ3n) is 10.0. The molecule has 0 amide bonds. The van der Waals surface area contributed by atoms with Crippen molar-refractivity contribution in [3.8, 4) is 0 Å². The van der Waals surface area contributed by atoms with E-state index in [9.17, 15) is 5.11 Å². The van der Waals surface area contributed by atoms with Gasteiger partial charge in [0.25, 0.3) is 0 Å². The van der Waals surface area contributed by atoms with Crippen LogP contribution in [0.4, 0.5) is 0 Å². The molecule has 9 heteroatoms. The van der Waals surface area contributed by atoms with Crippen molar-refractivity contribution in [1.82, 2.24) is 0 Å². The van der Waals surface area contributed by atoms with Crippen LogP contribution in [-0.4, -0.2) is 65.7 Å². The highest BCUT2D eigenvalue weighted by Gasteiger charge is 2.69. The predicted molar refractivity (Wildman–Crippen MR) is 158 cm³/mol. The van der Waals surface area contributed by atoms with Crippen molar-refractivity contribution in [1.29, 1.82) is 0 Å². The molecule has 0 spiro atoms. The van der Waals surface area contributed by atoms with Gasteiger partial charge in [-0.1, -0.05) is 29.7 Å². The van der Waals surface area contributed by atoms with E-state index in [1.807, 2.05) is 0 Å². The standard InChI is InChI=1S/C29H52N2O5Si2/c1-27-15-13-21(30-33-3)17-20(27)11-12-22-23-14-16-29(36-38(8,9)10,25(19-32)31-34-4)28(23,2)18-24(26(22)27)35-37(5,6)7/h17,22-24,26,32H,11-16,18-19H2,1-10H3/b30-21-,31-25+/t22-,23-,24-,26+,27-,28-,29-/m0/s1. The second kappa shape index (κ2) is 10.4. The lowest BCUT2D eigenvalue weighted by Crippen LogP contribution is -2.65. The van der Waals surface area contributed by atoms with Gasteiger partial charge in [0.2, 0.25) is 0 Å². The lowest BCUT2D eigenvalue weighted by molar-refractivity contribution is -0.142. The zero-order valence-corrected chi connectivity index (χ0v) is 27.5. The van der Waals surface area contributed by atoms with Gasteiger partial charge in [-0.15, -0.1) is 0 Å². The van der Waals surface area contributed by atoms with Crippen molar-refractivity contribution in [2.75, 3.05) is 20.8 Å². The molecule has 0 radical (unpaired) electrons. The molecule has 1 N–H and O–H groups in total. The van der Waals surface area contributed by atoms with Crippen LogP contribution >= 0.6 is 0 Å². The molecular weight excluding hydrogens is 513 g/mol. The Balaban J connectivity index is 1.85. The van der Waals surface area contributed by atoms with Crippen LogP contribution < -0.4 is 0 Å². The number of fused-ring (bicyclic) bond motifs is 5. The van der Waals surface area contributed by atoms with Gasteiger partial charge in [0.1, 0.15) is 25.5 Å². The Morgan fingerprint density at radius 1 is 1.00 bits per heavy atom. The fourth-order valence-corrected chi connectivity index (χ4v) is 11.6. The highest BCUT2D eigenvalue weighted by molar-refractivity contribution is 6.70. The average molecular weight is 565 g/mol. The van der Waals surface area contributed by atoms with Crippen LogP contribution in [0.25, 0.3) is 0 Å². The van der Waals surface area contributed by atoms with Crippen molar-refractivity contribution in [2.45, 2.75) is 110 Å². The summed E-state index contributed by atoms with van der Waals surface area (Å²) < 4.78 is 14.4. The quantitative estimate of drug-likeness (QED) is 0.211. The fraction of sp³-hybridized carbons (Fsp3) is 0.862. The van der Waals surface area contributed by atoms with Gasteiger partial charge in [-0.25, -0.2) is 0 Å². The van der Waals surface area contributed by atoms with Gasteiger partial charge in [0.15, 0.2) is 16.6 Å². The van der Waals surface area contributed by atoms with Crippen molar-refractivity contribution < 1.29 is 23.6 Å². The first kappa shape index (κ1) is 30.0. The number of rotatable bonds is 8. The Bertz CT molecular complexity index is 986. The second-order valence-electron chi connectivity index (χ2n) is 14.5. The summed E-state index contributed by atoms with van der Waals surface area (Å²) in [5, 5.41) is 19.3. The van der Waals surface area contributed by atoms with Gasteiger partial charge in [0, 0.05) is 11.5 Å². The molecule has 7 nitrogen and oxygen atoms in total. The van der Waals surface area contributed by atoms with E-state index in [0.717, 1.165) is 50.7 Å². The molecule has 7 atom stereocenters. The number of allylic oxidation sites excluding steroid dienone is 2. The molecule has 0 bridgehead atoms. The minimum atomic E-state index is -2.01. The fourth-order valence-electron chi connectivity index (χ4n) is 8.97. The van der Waals surface area contributed by atoms with Crippen molar-refractivity contribution in [3.63, 3.8) is 0 Å². The van der Waals surface area contributed by atoms with E-state index in [2.05, 4.69) is 69.5 Å². The van der Waals surface area contributed by atoms with Crippen LogP contribution in [0.2, 0.25) is 39.3 Å². The van der Waals surface area contributed by atoms with E-state index in [1.54, 1.807) is 14.2 Å². The Kier molecular flexibility index (Phi) is 8.23. The molecule has 0 aliphatic heterocycles. The van der Waals surface area contributed by atoms with E-state index in [-0.39, 0.29) is 23.5 Å². The molecule has 0 aromatic rings. The monoisotopic (exact) mass is 564 g/mol. The first-order chi connectivity index (χ1) is 17.6. The average Bonchev–Trinajstić information content (AvgIpc) is 3.07. The molecular formula is C29H52N2O5Si2. The molecule has 0 aromatic carbocycles. The van der Waals surface area contributed by atoms with E-state index < -0.39 is 22.2 Å². The van der Waals surface area contributed by atoms with Gasteiger partial charge >= 0.3 is 0 Å². The molecule has 4 aliphatic carbocycles. The molecule has 0 unspecified atom stereocenters. The van der Waals surface area contributed by atoms with E-state index in [1.165, 1.54) is 5.57 Å². The van der Waals surface area contributed by atoms with E-state index >= 15 is 0 Å². The van der Waals surface area contributed by atoms with Crippen LogP contribution in [0.3, 0.4) is 0 Å². The lowest BCUT2D eigenvalue weighted by Gasteiger charge is -2.63. The third-order valence-corrected chi connectivity index (χ3v) is 12.0. The first-order valence-electron chi connectivity index (χ1n) is 14.5. The smallest absolute Gasteiger partial charge is 0.185 e. The summed E-state index contributed by atoms with van der Waals surface area (Å²) in [7, 11) is -0.660. The summed E-state index contributed by atoms with van der Waals surface area (Å²) in [6, 6.07) is 0. The minimum absolute atomic E-state index is 0.0899. The summed E-state index contributed by atoms with van der Waals surface area (Å²) in [4.78, 5) is 10.5. The molecule has 4 rings (SSSR count). The van der Waals surface area contributed by atoms with Gasteiger partial charge in [-0.2, -0.15) is 0 Å². The number of hydrogen-bond donors (Lipinski definition) is 1. The lowest BCUT2D eigenvalue weighted by atomic mass is 9.45. The van der Waals surface area contributed by atoms with Crippen LogP contribution in [0.15, 0.2) is 22.0 Å². The first-order valence-corrected chi connectivity index (χ1v) is 21.4. The zero-order chi connectivity index (χ0) is 28.1. The van der Waals surface area contributed by atoms with Gasteiger partial charge < -0.3 is 23.6 Å². The number of aliphatic hydroxyl groups excluding tert-OH is 1. The molecule has 216 valence electrons. The van der Waals surface area contributed by atoms with Crippen molar-refractivity contribution >= 4 is 28.1 Å².